The fraction of sp³-hybridized carbons (Fsp3) is 0.308. The van der Waals surface area contributed by atoms with Crippen LogP contribution in [0.3, 0.4) is 0 Å². The van der Waals surface area contributed by atoms with E-state index in [2.05, 4.69) is 29.5 Å². The lowest BCUT2D eigenvalue weighted by Crippen LogP contribution is -2.45. The van der Waals surface area contributed by atoms with Crippen molar-refractivity contribution in [3.63, 3.8) is 0 Å². The standard InChI is InChI=1S/C26H28FN5O3/c1-17(2)14-15-28-26(34)25(23-13-12-18(3)35-23)32(21-10-6-4-8-19(21)27)24(33)16-31-22-11-7-5-9-20(22)29-30-31/h4-13,17,25H,14-16H2,1-3H3,(H,28,34)/t25-/m1/s1. The van der Waals surface area contributed by atoms with Gasteiger partial charge in [0, 0.05) is 6.54 Å². The molecule has 182 valence electrons. The SMILES string of the molecule is Cc1ccc([C@H](C(=O)NCCC(C)C)N(C(=O)Cn2nnc3ccccc32)c2ccccc2F)o1. The number of amides is 2. The molecule has 0 aliphatic heterocycles. The second-order valence-corrected chi connectivity index (χ2v) is 8.78. The molecule has 0 spiro atoms. The average Bonchev–Trinajstić information content (AvgIpc) is 3.44. The molecule has 0 aliphatic carbocycles. The van der Waals surface area contributed by atoms with Gasteiger partial charge >= 0.3 is 0 Å². The molecule has 35 heavy (non-hydrogen) atoms. The molecule has 0 bridgehead atoms. The first-order valence-corrected chi connectivity index (χ1v) is 11.5. The summed E-state index contributed by atoms with van der Waals surface area (Å²) in [5.74, 6) is -0.436. The lowest BCUT2D eigenvalue weighted by molar-refractivity contribution is -0.127. The Balaban J connectivity index is 1.75. The Morgan fingerprint density at radius 2 is 1.83 bits per heavy atom. The van der Waals surface area contributed by atoms with E-state index >= 15 is 4.39 Å². The van der Waals surface area contributed by atoms with Crippen molar-refractivity contribution < 1.29 is 18.4 Å². The van der Waals surface area contributed by atoms with Crippen LogP contribution in [0, 0.1) is 18.7 Å². The lowest BCUT2D eigenvalue weighted by Gasteiger charge is -2.30. The van der Waals surface area contributed by atoms with Gasteiger partial charge in [0.05, 0.1) is 11.2 Å². The summed E-state index contributed by atoms with van der Waals surface area (Å²) < 4.78 is 22.3. The number of carbonyl (C=O) groups is 2. The summed E-state index contributed by atoms with van der Waals surface area (Å²) in [4.78, 5) is 28.4. The predicted octanol–water partition coefficient (Wildman–Crippen LogP) is 4.41. The summed E-state index contributed by atoms with van der Waals surface area (Å²) in [5, 5.41) is 11.1. The number of rotatable bonds is 9. The average molecular weight is 478 g/mol. The maximum absolute atomic E-state index is 15.0. The van der Waals surface area contributed by atoms with Gasteiger partial charge < -0.3 is 9.73 Å². The molecule has 0 radical (unpaired) electrons. The number of para-hydroxylation sites is 2. The number of anilines is 1. The van der Waals surface area contributed by atoms with Gasteiger partial charge in [-0.25, -0.2) is 9.07 Å². The smallest absolute Gasteiger partial charge is 0.251 e. The highest BCUT2D eigenvalue weighted by molar-refractivity contribution is 6.01. The van der Waals surface area contributed by atoms with Crippen LogP contribution in [0.15, 0.2) is 65.1 Å². The molecule has 1 N–H and O–H groups in total. The quantitative estimate of drug-likeness (QED) is 0.386. The fourth-order valence-corrected chi connectivity index (χ4v) is 3.86. The van der Waals surface area contributed by atoms with Gasteiger partial charge in [0.1, 0.15) is 29.4 Å². The Hall–Kier alpha value is -4.01. The molecule has 0 unspecified atom stereocenters. The first-order valence-electron chi connectivity index (χ1n) is 11.5. The van der Waals surface area contributed by atoms with Gasteiger partial charge in [-0.05, 0) is 55.7 Å². The van der Waals surface area contributed by atoms with Gasteiger partial charge in [-0.15, -0.1) is 5.10 Å². The zero-order valence-corrected chi connectivity index (χ0v) is 19.9. The Kier molecular flexibility index (Phi) is 7.24. The van der Waals surface area contributed by atoms with E-state index in [4.69, 9.17) is 4.42 Å². The lowest BCUT2D eigenvalue weighted by atomic mass is 10.1. The van der Waals surface area contributed by atoms with Gasteiger partial charge in [0.2, 0.25) is 5.91 Å². The number of aryl methyl sites for hydroxylation is 1. The van der Waals surface area contributed by atoms with Crippen LogP contribution in [0.5, 0.6) is 0 Å². The molecule has 0 aliphatic rings. The summed E-state index contributed by atoms with van der Waals surface area (Å²) in [5.41, 5.74) is 1.25. The Bertz CT molecular complexity index is 1330. The number of benzene rings is 2. The van der Waals surface area contributed by atoms with E-state index in [1.54, 1.807) is 37.3 Å². The number of carbonyl (C=O) groups excluding carboxylic acids is 2. The molecular weight excluding hydrogens is 449 g/mol. The van der Waals surface area contributed by atoms with E-state index in [0.717, 1.165) is 11.3 Å². The van der Waals surface area contributed by atoms with Crippen LogP contribution in [0.25, 0.3) is 11.0 Å². The van der Waals surface area contributed by atoms with E-state index in [1.165, 1.54) is 22.9 Å². The molecule has 0 saturated carbocycles. The maximum Gasteiger partial charge on any atom is 0.251 e. The van der Waals surface area contributed by atoms with Crippen LogP contribution in [-0.2, 0) is 16.1 Å². The second kappa shape index (κ2) is 10.5. The molecule has 2 heterocycles. The molecule has 2 amide bonds. The van der Waals surface area contributed by atoms with E-state index in [9.17, 15) is 9.59 Å². The number of furan rings is 1. The van der Waals surface area contributed by atoms with Crippen molar-refractivity contribution in [2.45, 2.75) is 39.8 Å². The molecule has 0 fully saturated rings. The second-order valence-electron chi connectivity index (χ2n) is 8.78. The minimum atomic E-state index is -1.21. The third kappa shape index (κ3) is 5.40. The van der Waals surface area contributed by atoms with Crippen molar-refractivity contribution in [2.24, 2.45) is 5.92 Å². The fourth-order valence-electron chi connectivity index (χ4n) is 3.86. The number of nitrogens with one attached hydrogen (secondary N) is 1. The van der Waals surface area contributed by atoms with Gasteiger partial charge in [-0.1, -0.05) is 43.3 Å². The van der Waals surface area contributed by atoms with Crippen LogP contribution in [0.2, 0.25) is 0 Å². The van der Waals surface area contributed by atoms with Gasteiger partial charge in [-0.3, -0.25) is 14.5 Å². The van der Waals surface area contributed by atoms with Crippen LogP contribution in [0.1, 0.15) is 37.8 Å². The summed E-state index contributed by atoms with van der Waals surface area (Å²) in [6, 6.07) is 15.2. The van der Waals surface area contributed by atoms with E-state index in [-0.39, 0.29) is 18.0 Å². The summed E-state index contributed by atoms with van der Waals surface area (Å²) in [6.07, 6.45) is 0.758. The van der Waals surface area contributed by atoms with E-state index in [0.29, 0.717) is 29.3 Å². The molecule has 2 aromatic heterocycles. The largest absolute Gasteiger partial charge is 0.464 e. The zero-order valence-electron chi connectivity index (χ0n) is 19.9. The Morgan fingerprint density at radius 3 is 2.54 bits per heavy atom. The molecule has 0 saturated heterocycles. The summed E-state index contributed by atoms with van der Waals surface area (Å²) in [7, 11) is 0. The third-order valence-electron chi connectivity index (χ3n) is 5.64. The number of hydrogen-bond acceptors (Lipinski definition) is 5. The van der Waals surface area contributed by atoms with Crippen molar-refractivity contribution in [3.8, 4) is 0 Å². The normalized spacial score (nSPS) is 12.1. The molecule has 4 rings (SSSR count). The van der Waals surface area contributed by atoms with Crippen LogP contribution >= 0.6 is 0 Å². The van der Waals surface area contributed by atoms with E-state index in [1.807, 2.05) is 12.1 Å². The Morgan fingerprint density at radius 1 is 1.09 bits per heavy atom. The molecule has 8 nitrogen and oxygen atoms in total. The van der Waals surface area contributed by atoms with Crippen molar-refractivity contribution in [1.82, 2.24) is 20.3 Å². The minimum Gasteiger partial charge on any atom is -0.464 e. The van der Waals surface area contributed by atoms with Crippen molar-refractivity contribution in [1.29, 1.82) is 0 Å². The van der Waals surface area contributed by atoms with Gasteiger partial charge in [0.25, 0.3) is 5.91 Å². The van der Waals surface area contributed by atoms with Crippen LogP contribution in [0.4, 0.5) is 10.1 Å². The maximum atomic E-state index is 15.0. The van der Waals surface area contributed by atoms with Gasteiger partial charge in [0.15, 0.2) is 6.04 Å². The first kappa shape index (κ1) is 24.1. The number of nitrogens with zero attached hydrogens (tertiary/aromatic N) is 4. The monoisotopic (exact) mass is 477 g/mol. The number of aromatic nitrogens is 3. The molecule has 1 atom stereocenters. The molecule has 4 aromatic rings. The number of halogens is 1. The minimum absolute atomic E-state index is 0.0278. The van der Waals surface area contributed by atoms with Crippen molar-refractivity contribution >= 4 is 28.5 Å². The van der Waals surface area contributed by atoms with Crippen LogP contribution in [-0.4, -0.2) is 33.4 Å². The summed E-state index contributed by atoms with van der Waals surface area (Å²) in [6.45, 7) is 6.02. The molecular formula is C26H28FN5O3. The predicted molar refractivity (Wildman–Crippen MR) is 130 cm³/mol. The van der Waals surface area contributed by atoms with Crippen molar-refractivity contribution in [3.05, 3.63) is 78.0 Å². The zero-order chi connectivity index (χ0) is 24.9. The van der Waals surface area contributed by atoms with Crippen molar-refractivity contribution in [2.75, 3.05) is 11.4 Å². The summed E-state index contributed by atoms with van der Waals surface area (Å²) >= 11 is 0. The highest BCUT2D eigenvalue weighted by Crippen LogP contribution is 2.31. The first-order chi connectivity index (χ1) is 16.8. The number of fused-ring (bicyclic) bond motifs is 1. The van der Waals surface area contributed by atoms with Crippen LogP contribution < -0.4 is 10.2 Å². The topological polar surface area (TPSA) is 93.3 Å². The number of hydrogen-bond donors (Lipinski definition) is 1. The Labute approximate surface area is 202 Å². The molecule has 9 heteroatoms. The third-order valence-corrected chi connectivity index (χ3v) is 5.64. The van der Waals surface area contributed by atoms with E-state index < -0.39 is 23.7 Å². The molecule has 2 aromatic carbocycles. The highest BCUT2D eigenvalue weighted by atomic mass is 19.1. The van der Waals surface area contributed by atoms with Gasteiger partial charge in [-0.2, -0.15) is 0 Å². The highest BCUT2D eigenvalue weighted by Gasteiger charge is 2.36.